The SMILES string of the molecule is CC1CCCC(N(C)CCCC(CCN)C(C)C)C1. The van der Waals surface area contributed by atoms with E-state index in [1.807, 2.05) is 0 Å². The standard InChI is InChI=1S/C17H36N2/c1-14(2)16(10-11-18)8-6-12-19(4)17-9-5-7-15(3)13-17/h14-17H,5-13,18H2,1-4H3. The number of nitrogens with zero attached hydrogens (tertiary/aromatic N) is 1. The van der Waals surface area contributed by atoms with Crippen LogP contribution in [0.2, 0.25) is 0 Å². The molecule has 3 unspecified atom stereocenters. The van der Waals surface area contributed by atoms with Crippen LogP contribution in [0.5, 0.6) is 0 Å². The zero-order valence-electron chi connectivity index (χ0n) is 13.7. The van der Waals surface area contributed by atoms with E-state index in [1.54, 1.807) is 0 Å². The fourth-order valence-corrected chi connectivity index (χ4v) is 3.61. The molecular weight excluding hydrogens is 232 g/mol. The Bertz CT molecular complexity index is 227. The first-order chi connectivity index (χ1) is 9.04. The molecule has 0 radical (unpaired) electrons. The zero-order chi connectivity index (χ0) is 14.3. The minimum absolute atomic E-state index is 0.781. The Labute approximate surface area is 121 Å². The molecule has 1 rings (SSSR count). The summed E-state index contributed by atoms with van der Waals surface area (Å²) in [6.07, 6.45) is 9.58. The van der Waals surface area contributed by atoms with Gasteiger partial charge < -0.3 is 10.6 Å². The summed E-state index contributed by atoms with van der Waals surface area (Å²) in [5, 5.41) is 0. The second-order valence-corrected chi connectivity index (χ2v) is 7.13. The van der Waals surface area contributed by atoms with Crippen LogP contribution in [-0.4, -0.2) is 31.1 Å². The average Bonchev–Trinajstić information content (AvgIpc) is 2.37. The van der Waals surface area contributed by atoms with E-state index in [0.717, 1.165) is 30.3 Å². The Hall–Kier alpha value is -0.0800. The molecule has 3 atom stereocenters. The lowest BCUT2D eigenvalue weighted by Gasteiger charge is -2.34. The van der Waals surface area contributed by atoms with Gasteiger partial charge in [-0.15, -0.1) is 0 Å². The summed E-state index contributed by atoms with van der Waals surface area (Å²) >= 11 is 0. The van der Waals surface area contributed by atoms with Gasteiger partial charge in [0.1, 0.15) is 0 Å². The van der Waals surface area contributed by atoms with Crippen LogP contribution in [0.1, 0.15) is 65.7 Å². The van der Waals surface area contributed by atoms with Crippen LogP contribution in [0.15, 0.2) is 0 Å². The highest BCUT2D eigenvalue weighted by molar-refractivity contribution is 4.77. The maximum Gasteiger partial charge on any atom is 0.00947 e. The second-order valence-electron chi connectivity index (χ2n) is 7.13. The van der Waals surface area contributed by atoms with Gasteiger partial charge in [-0.2, -0.15) is 0 Å². The molecule has 2 nitrogen and oxygen atoms in total. The Morgan fingerprint density at radius 3 is 2.53 bits per heavy atom. The molecule has 0 saturated heterocycles. The molecule has 0 amide bonds. The lowest BCUT2D eigenvalue weighted by Crippen LogP contribution is -2.36. The molecule has 1 aliphatic carbocycles. The summed E-state index contributed by atoms with van der Waals surface area (Å²) < 4.78 is 0. The monoisotopic (exact) mass is 268 g/mol. The lowest BCUT2D eigenvalue weighted by molar-refractivity contribution is 0.157. The van der Waals surface area contributed by atoms with Crippen LogP contribution in [0.4, 0.5) is 0 Å². The van der Waals surface area contributed by atoms with Crippen LogP contribution in [0.3, 0.4) is 0 Å². The van der Waals surface area contributed by atoms with Crippen molar-refractivity contribution in [3.8, 4) is 0 Å². The molecule has 0 bridgehead atoms. The van der Waals surface area contributed by atoms with Crippen molar-refractivity contribution in [2.45, 2.75) is 71.8 Å². The van der Waals surface area contributed by atoms with E-state index in [-0.39, 0.29) is 0 Å². The van der Waals surface area contributed by atoms with Crippen molar-refractivity contribution in [1.29, 1.82) is 0 Å². The van der Waals surface area contributed by atoms with Crippen molar-refractivity contribution in [2.24, 2.45) is 23.5 Å². The predicted octanol–water partition coefficient (Wildman–Crippen LogP) is 3.90. The maximum atomic E-state index is 5.72. The molecule has 2 heteroatoms. The van der Waals surface area contributed by atoms with E-state index < -0.39 is 0 Å². The normalized spacial score (nSPS) is 26.1. The molecule has 19 heavy (non-hydrogen) atoms. The van der Waals surface area contributed by atoms with E-state index in [2.05, 4.69) is 32.7 Å². The van der Waals surface area contributed by atoms with E-state index >= 15 is 0 Å². The minimum Gasteiger partial charge on any atom is -0.330 e. The zero-order valence-corrected chi connectivity index (χ0v) is 13.7. The van der Waals surface area contributed by atoms with Crippen molar-refractivity contribution < 1.29 is 0 Å². The van der Waals surface area contributed by atoms with Gasteiger partial charge in [0.15, 0.2) is 0 Å². The Kier molecular flexibility index (Phi) is 8.01. The molecule has 2 N–H and O–H groups in total. The number of nitrogens with two attached hydrogens (primary N) is 1. The summed E-state index contributed by atoms with van der Waals surface area (Å²) in [5.41, 5.74) is 5.72. The van der Waals surface area contributed by atoms with Crippen molar-refractivity contribution in [2.75, 3.05) is 20.1 Å². The van der Waals surface area contributed by atoms with Gasteiger partial charge in [-0.25, -0.2) is 0 Å². The number of hydrogen-bond donors (Lipinski definition) is 1. The van der Waals surface area contributed by atoms with Crippen molar-refractivity contribution in [3.63, 3.8) is 0 Å². The minimum atomic E-state index is 0.781. The molecule has 0 aromatic carbocycles. The first-order valence-electron chi connectivity index (χ1n) is 8.44. The first kappa shape index (κ1) is 17.0. The fraction of sp³-hybridized carbons (Fsp3) is 1.00. The molecule has 1 saturated carbocycles. The Morgan fingerprint density at radius 1 is 1.21 bits per heavy atom. The van der Waals surface area contributed by atoms with Gasteiger partial charge in [-0.05, 0) is 70.0 Å². The third kappa shape index (κ3) is 6.27. The summed E-state index contributed by atoms with van der Waals surface area (Å²) in [7, 11) is 2.33. The van der Waals surface area contributed by atoms with Crippen LogP contribution in [-0.2, 0) is 0 Å². The Balaban J connectivity index is 2.23. The topological polar surface area (TPSA) is 29.3 Å². The van der Waals surface area contributed by atoms with Crippen LogP contribution in [0.25, 0.3) is 0 Å². The lowest BCUT2D eigenvalue weighted by atomic mass is 9.86. The molecule has 1 aliphatic rings. The highest BCUT2D eigenvalue weighted by Gasteiger charge is 2.22. The van der Waals surface area contributed by atoms with Gasteiger partial charge in [0.2, 0.25) is 0 Å². The summed E-state index contributed by atoms with van der Waals surface area (Å²) in [6, 6.07) is 0.843. The van der Waals surface area contributed by atoms with Gasteiger partial charge in [0.25, 0.3) is 0 Å². The van der Waals surface area contributed by atoms with E-state index in [4.69, 9.17) is 5.73 Å². The molecule has 0 aromatic rings. The van der Waals surface area contributed by atoms with Crippen molar-refractivity contribution >= 4 is 0 Å². The summed E-state index contributed by atoms with van der Waals surface area (Å²) in [4.78, 5) is 2.62. The van der Waals surface area contributed by atoms with Gasteiger partial charge in [0, 0.05) is 6.04 Å². The van der Waals surface area contributed by atoms with Crippen LogP contribution >= 0.6 is 0 Å². The molecule has 0 aromatic heterocycles. The molecule has 114 valence electrons. The van der Waals surface area contributed by atoms with Crippen molar-refractivity contribution in [1.82, 2.24) is 4.90 Å². The van der Waals surface area contributed by atoms with Crippen LogP contribution in [0, 0.1) is 17.8 Å². The maximum absolute atomic E-state index is 5.72. The van der Waals surface area contributed by atoms with Crippen molar-refractivity contribution in [3.05, 3.63) is 0 Å². The largest absolute Gasteiger partial charge is 0.330 e. The highest BCUT2D eigenvalue weighted by atomic mass is 15.1. The summed E-state index contributed by atoms with van der Waals surface area (Å²) in [6.45, 7) is 9.21. The summed E-state index contributed by atoms with van der Waals surface area (Å²) in [5.74, 6) is 2.54. The van der Waals surface area contributed by atoms with E-state index in [9.17, 15) is 0 Å². The Morgan fingerprint density at radius 2 is 1.95 bits per heavy atom. The second kappa shape index (κ2) is 8.97. The van der Waals surface area contributed by atoms with E-state index in [1.165, 1.54) is 51.5 Å². The van der Waals surface area contributed by atoms with E-state index in [0.29, 0.717) is 0 Å². The fourth-order valence-electron chi connectivity index (χ4n) is 3.61. The van der Waals surface area contributed by atoms with Crippen LogP contribution < -0.4 is 5.73 Å². The molecule has 0 spiro atoms. The molecule has 1 fully saturated rings. The smallest absolute Gasteiger partial charge is 0.00947 e. The average molecular weight is 268 g/mol. The number of hydrogen-bond acceptors (Lipinski definition) is 2. The molecular formula is C17H36N2. The highest BCUT2D eigenvalue weighted by Crippen LogP contribution is 2.27. The predicted molar refractivity (Wildman–Crippen MR) is 85.3 cm³/mol. The van der Waals surface area contributed by atoms with Gasteiger partial charge in [0.05, 0.1) is 0 Å². The number of rotatable bonds is 8. The van der Waals surface area contributed by atoms with Gasteiger partial charge in [-0.1, -0.05) is 33.6 Å². The third-order valence-electron chi connectivity index (χ3n) is 5.10. The van der Waals surface area contributed by atoms with Gasteiger partial charge >= 0.3 is 0 Å². The van der Waals surface area contributed by atoms with Gasteiger partial charge in [-0.3, -0.25) is 0 Å². The quantitative estimate of drug-likeness (QED) is 0.723. The first-order valence-corrected chi connectivity index (χ1v) is 8.44. The molecule has 0 heterocycles. The molecule has 0 aliphatic heterocycles. The third-order valence-corrected chi connectivity index (χ3v) is 5.10.